The molecule has 1 atom stereocenters. The first-order valence-corrected chi connectivity index (χ1v) is 9.94. The van der Waals surface area contributed by atoms with Crippen LogP contribution in [0, 0.1) is 5.82 Å². The first-order chi connectivity index (χ1) is 13.8. The van der Waals surface area contributed by atoms with E-state index in [0.717, 1.165) is 23.3 Å². The fourth-order valence-electron chi connectivity index (χ4n) is 3.68. The number of halogens is 2. The van der Waals surface area contributed by atoms with E-state index in [1.54, 1.807) is 7.05 Å². The van der Waals surface area contributed by atoms with E-state index >= 15 is 0 Å². The predicted molar refractivity (Wildman–Crippen MR) is 131 cm³/mol. The zero-order chi connectivity index (χ0) is 21.0. The summed E-state index contributed by atoms with van der Waals surface area (Å²) in [7, 11) is 5.63. The number of rotatable bonds is 5. The second-order valence-corrected chi connectivity index (χ2v) is 8.39. The van der Waals surface area contributed by atoms with Gasteiger partial charge in [0.15, 0.2) is 5.96 Å². The molecule has 30 heavy (non-hydrogen) atoms. The van der Waals surface area contributed by atoms with E-state index in [1.807, 2.05) is 49.3 Å². The van der Waals surface area contributed by atoms with Gasteiger partial charge in [0.1, 0.15) is 17.2 Å². The number of fused-ring (bicyclic) bond motifs is 1. The van der Waals surface area contributed by atoms with Crippen LogP contribution in [0.3, 0.4) is 0 Å². The predicted octanol–water partition coefficient (Wildman–Crippen LogP) is 4.47. The molecule has 0 fully saturated rings. The van der Waals surface area contributed by atoms with Gasteiger partial charge in [-0.2, -0.15) is 0 Å². The van der Waals surface area contributed by atoms with Crippen LogP contribution in [0.2, 0.25) is 0 Å². The van der Waals surface area contributed by atoms with E-state index in [1.165, 1.54) is 6.07 Å². The number of guanidine groups is 1. The highest BCUT2D eigenvalue weighted by Crippen LogP contribution is 2.39. The van der Waals surface area contributed by atoms with Crippen LogP contribution < -0.4 is 15.4 Å². The largest absolute Gasteiger partial charge is 0.487 e. The number of ether oxygens (including phenoxy) is 1. The number of nitrogens with zero attached hydrogens (tertiary/aromatic N) is 2. The number of hydrogen-bond donors (Lipinski definition) is 2. The number of benzene rings is 2. The maximum atomic E-state index is 14.0. The lowest BCUT2D eigenvalue weighted by Gasteiger charge is -2.38. The van der Waals surface area contributed by atoms with Crippen molar-refractivity contribution in [3.8, 4) is 5.75 Å². The molecule has 5 nitrogen and oxygen atoms in total. The number of para-hydroxylation sites is 1. The quantitative estimate of drug-likeness (QED) is 0.343. The van der Waals surface area contributed by atoms with Gasteiger partial charge in [0, 0.05) is 37.7 Å². The van der Waals surface area contributed by atoms with E-state index in [0.29, 0.717) is 24.6 Å². The molecule has 0 bridgehead atoms. The van der Waals surface area contributed by atoms with Gasteiger partial charge in [-0.1, -0.05) is 24.3 Å². The average molecular weight is 526 g/mol. The Morgan fingerprint density at radius 2 is 1.97 bits per heavy atom. The highest BCUT2D eigenvalue weighted by Gasteiger charge is 2.33. The van der Waals surface area contributed by atoms with Crippen molar-refractivity contribution >= 4 is 29.9 Å². The second kappa shape index (κ2) is 10.4. The van der Waals surface area contributed by atoms with Crippen molar-refractivity contribution in [1.82, 2.24) is 15.5 Å². The minimum absolute atomic E-state index is 0. The van der Waals surface area contributed by atoms with Crippen molar-refractivity contribution in [1.29, 1.82) is 0 Å². The van der Waals surface area contributed by atoms with Gasteiger partial charge in [-0.05, 0) is 51.7 Å². The third-order valence-electron chi connectivity index (χ3n) is 4.97. The fraction of sp³-hybridized carbons (Fsp3) is 0.435. The smallest absolute Gasteiger partial charge is 0.191 e. The molecule has 164 valence electrons. The molecule has 1 unspecified atom stereocenters. The lowest BCUT2D eigenvalue weighted by molar-refractivity contribution is 0.0694. The Kier molecular flexibility index (Phi) is 8.49. The lowest BCUT2D eigenvalue weighted by Crippen LogP contribution is -2.45. The molecule has 2 N–H and O–H groups in total. The van der Waals surface area contributed by atoms with E-state index in [-0.39, 0.29) is 41.4 Å². The summed E-state index contributed by atoms with van der Waals surface area (Å²) >= 11 is 0. The summed E-state index contributed by atoms with van der Waals surface area (Å²) in [6, 6.07) is 13.4. The van der Waals surface area contributed by atoms with Crippen molar-refractivity contribution in [2.24, 2.45) is 4.99 Å². The van der Waals surface area contributed by atoms with Crippen LogP contribution >= 0.6 is 24.0 Å². The van der Waals surface area contributed by atoms with Gasteiger partial charge in [0.05, 0.1) is 6.04 Å². The zero-order valence-corrected chi connectivity index (χ0v) is 20.7. The van der Waals surface area contributed by atoms with Crippen LogP contribution in [0.5, 0.6) is 5.75 Å². The molecule has 3 rings (SSSR count). The molecule has 1 aliphatic rings. The number of hydrogen-bond acceptors (Lipinski definition) is 3. The van der Waals surface area contributed by atoms with Crippen LogP contribution in [-0.4, -0.2) is 37.6 Å². The Bertz CT molecular complexity index is 885. The molecule has 0 aromatic heterocycles. The van der Waals surface area contributed by atoms with Crippen molar-refractivity contribution in [2.45, 2.75) is 45.0 Å². The monoisotopic (exact) mass is 526 g/mol. The molecule has 2 aromatic rings. The van der Waals surface area contributed by atoms with E-state index < -0.39 is 0 Å². The fourth-order valence-corrected chi connectivity index (χ4v) is 3.68. The lowest BCUT2D eigenvalue weighted by atomic mass is 9.90. The summed E-state index contributed by atoms with van der Waals surface area (Å²) in [4.78, 5) is 6.34. The summed E-state index contributed by atoms with van der Waals surface area (Å²) in [5.74, 6) is 1.44. The highest BCUT2D eigenvalue weighted by molar-refractivity contribution is 14.0. The zero-order valence-electron chi connectivity index (χ0n) is 18.3. The maximum Gasteiger partial charge on any atom is 0.191 e. The number of nitrogens with one attached hydrogen (secondary N) is 2. The van der Waals surface area contributed by atoms with Crippen LogP contribution in [0.15, 0.2) is 47.5 Å². The third-order valence-corrected chi connectivity index (χ3v) is 4.97. The minimum Gasteiger partial charge on any atom is -0.487 e. The summed E-state index contributed by atoms with van der Waals surface area (Å²) < 4.78 is 20.1. The van der Waals surface area contributed by atoms with Crippen LogP contribution in [0.25, 0.3) is 0 Å². The first kappa shape index (κ1) is 24.4. The average Bonchev–Trinajstić information content (AvgIpc) is 2.66. The molecule has 7 heteroatoms. The third kappa shape index (κ3) is 6.31. The molecular formula is C23H32FIN4O. The molecule has 0 saturated heterocycles. The van der Waals surface area contributed by atoms with Gasteiger partial charge in [0.25, 0.3) is 0 Å². The van der Waals surface area contributed by atoms with E-state index in [9.17, 15) is 4.39 Å². The van der Waals surface area contributed by atoms with Crippen molar-refractivity contribution in [3.05, 3.63) is 65.0 Å². The van der Waals surface area contributed by atoms with Gasteiger partial charge in [-0.25, -0.2) is 4.39 Å². The normalized spacial score (nSPS) is 17.6. The van der Waals surface area contributed by atoms with Gasteiger partial charge >= 0.3 is 0 Å². The van der Waals surface area contributed by atoms with E-state index in [2.05, 4.69) is 35.5 Å². The highest BCUT2D eigenvalue weighted by atomic mass is 127. The molecule has 0 aliphatic carbocycles. The molecule has 0 amide bonds. The Morgan fingerprint density at radius 1 is 1.23 bits per heavy atom. The van der Waals surface area contributed by atoms with Crippen molar-refractivity contribution in [2.75, 3.05) is 21.1 Å². The minimum atomic E-state index is -0.261. The Balaban J connectivity index is 0.00000320. The topological polar surface area (TPSA) is 48.9 Å². The Hall–Kier alpha value is -1.87. The number of aliphatic imine (C=N–C) groups is 1. The van der Waals surface area contributed by atoms with Gasteiger partial charge in [-0.15, -0.1) is 24.0 Å². The standard InChI is InChI=1S/C23H31FN4O.HI/c1-23(2)13-20(18-8-6-7-9-21(18)29-23)27-22(25-3)26-14-16-10-11-19(24)17(12-16)15-28(4)5;/h6-12,20H,13-15H2,1-5H3,(H2,25,26,27);1H. The van der Waals surface area contributed by atoms with Gasteiger partial charge in [0.2, 0.25) is 0 Å². The van der Waals surface area contributed by atoms with Crippen LogP contribution in [-0.2, 0) is 13.1 Å². The van der Waals surface area contributed by atoms with Gasteiger partial charge < -0.3 is 20.3 Å². The SMILES string of the molecule is CN=C(NCc1ccc(F)c(CN(C)C)c1)NC1CC(C)(C)Oc2ccccc21.I. The van der Waals surface area contributed by atoms with E-state index in [4.69, 9.17) is 4.74 Å². The Labute approximate surface area is 196 Å². The molecular weight excluding hydrogens is 494 g/mol. The first-order valence-electron chi connectivity index (χ1n) is 9.94. The second-order valence-electron chi connectivity index (χ2n) is 8.39. The molecule has 1 heterocycles. The Morgan fingerprint density at radius 3 is 2.67 bits per heavy atom. The molecule has 2 aromatic carbocycles. The van der Waals surface area contributed by atoms with Crippen LogP contribution in [0.4, 0.5) is 4.39 Å². The molecule has 1 aliphatic heterocycles. The summed E-state index contributed by atoms with van der Waals surface area (Å²) in [5, 5.41) is 6.88. The molecule has 0 radical (unpaired) electrons. The summed E-state index contributed by atoms with van der Waals surface area (Å²) in [5.41, 5.74) is 2.57. The van der Waals surface area contributed by atoms with Crippen LogP contribution in [0.1, 0.15) is 43.0 Å². The maximum absolute atomic E-state index is 14.0. The van der Waals surface area contributed by atoms with Gasteiger partial charge in [-0.3, -0.25) is 4.99 Å². The van der Waals surface area contributed by atoms with Crippen molar-refractivity contribution in [3.63, 3.8) is 0 Å². The van der Waals surface area contributed by atoms with Crippen molar-refractivity contribution < 1.29 is 9.13 Å². The summed E-state index contributed by atoms with van der Waals surface area (Å²) in [6.45, 7) is 5.33. The molecule has 0 saturated carbocycles. The summed E-state index contributed by atoms with van der Waals surface area (Å²) in [6.07, 6.45) is 0.828. The molecule has 0 spiro atoms.